The Bertz CT molecular complexity index is 350. The molecular formula is C14H24O2S. The average Bonchev–Trinajstić information content (AvgIpc) is 2.62. The highest BCUT2D eigenvalue weighted by Crippen LogP contribution is 2.33. The Morgan fingerprint density at radius 2 is 2.06 bits per heavy atom. The van der Waals surface area contributed by atoms with Gasteiger partial charge < -0.3 is 0 Å². The Labute approximate surface area is 107 Å². The van der Waals surface area contributed by atoms with Crippen LogP contribution in [-0.4, -0.2) is 14.7 Å². The molecule has 1 aliphatic carbocycles. The summed E-state index contributed by atoms with van der Waals surface area (Å²) < 4.78 is 11.8. The molecule has 98 valence electrons. The van der Waals surface area contributed by atoms with Crippen molar-refractivity contribution in [2.75, 3.05) is 0 Å². The third-order valence-corrected chi connectivity index (χ3v) is 5.40. The Morgan fingerprint density at radius 1 is 1.47 bits per heavy atom. The van der Waals surface area contributed by atoms with Crippen LogP contribution in [-0.2, 0) is 15.6 Å². The van der Waals surface area contributed by atoms with Crippen molar-refractivity contribution >= 4 is 16.6 Å². The Hall–Kier alpha value is -0.440. The van der Waals surface area contributed by atoms with Crippen LogP contribution < -0.4 is 0 Å². The number of carbonyl (C=O) groups is 1. The predicted molar refractivity (Wildman–Crippen MR) is 73.2 cm³/mol. The van der Waals surface area contributed by atoms with E-state index < -0.39 is 10.8 Å². The number of carbonyl (C=O) groups excluding carboxylic acids is 1. The molecule has 1 rings (SSSR count). The van der Waals surface area contributed by atoms with Gasteiger partial charge in [0.25, 0.3) is 0 Å². The van der Waals surface area contributed by atoms with Crippen LogP contribution in [0.1, 0.15) is 53.9 Å². The quantitative estimate of drug-likeness (QED) is 0.775. The van der Waals surface area contributed by atoms with Gasteiger partial charge >= 0.3 is 0 Å². The third-order valence-electron chi connectivity index (χ3n) is 3.61. The zero-order valence-electron chi connectivity index (χ0n) is 11.6. The molecule has 0 spiro atoms. The lowest BCUT2D eigenvalue weighted by Crippen LogP contribution is -2.20. The highest BCUT2D eigenvalue weighted by molar-refractivity contribution is 7.89. The van der Waals surface area contributed by atoms with Crippen molar-refractivity contribution in [3.8, 4) is 0 Å². The monoisotopic (exact) mass is 256 g/mol. The van der Waals surface area contributed by atoms with E-state index in [1.807, 2.05) is 33.1 Å². The summed E-state index contributed by atoms with van der Waals surface area (Å²) >= 11 is 0. The van der Waals surface area contributed by atoms with Crippen molar-refractivity contribution in [2.24, 2.45) is 11.8 Å². The first-order valence-corrected chi connectivity index (χ1v) is 7.54. The number of Topliss-reactive ketones (excluding diaryl/α,β-unsaturated/α-hetero) is 1. The Balaban J connectivity index is 2.69. The molecule has 0 bridgehead atoms. The zero-order chi connectivity index (χ0) is 13.2. The minimum atomic E-state index is -0.944. The van der Waals surface area contributed by atoms with Gasteiger partial charge in [0.15, 0.2) is 0 Å². The summed E-state index contributed by atoms with van der Waals surface area (Å²) in [4.78, 5) is 11.3. The molecule has 1 aliphatic rings. The van der Waals surface area contributed by atoms with Gasteiger partial charge in [-0.2, -0.15) is 0 Å². The van der Waals surface area contributed by atoms with Crippen molar-refractivity contribution in [1.82, 2.24) is 0 Å². The first-order chi connectivity index (χ1) is 7.71. The van der Waals surface area contributed by atoms with Gasteiger partial charge in [0, 0.05) is 23.0 Å². The summed E-state index contributed by atoms with van der Waals surface area (Å²) in [5, 5.41) is 1.88. The molecule has 17 heavy (non-hydrogen) atoms. The summed E-state index contributed by atoms with van der Waals surface area (Å²) in [6, 6.07) is 0. The number of rotatable bonds is 3. The molecule has 0 amide bonds. The van der Waals surface area contributed by atoms with E-state index >= 15 is 0 Å². The standard InChI is InChI=1S/C14H24O2S/c1-10(9-17(16)14(3,4)5)11(2)12-6-7-13(15)8-12/h9,11-12H,6-8H2,1-5H3/b10-9+/t11-,12+,17?/m1/s1. The molecule has 0 aromatic carbocycles. The fraction of sp³-hybridized carbons (Fsp3) is 0.786. The maximum Gasteiger partial charge on any atom is 0.133 e. The molecule has 3 heteroatoms. The van der Waals surface area contributed by atoms with Gasteiger partial charge in [0.2, 0.25) is 0 Å². The lowest BCUT2D eigenvalue weighted by Gasteiger charge is -2.21. The van der Waals surface area contributed by atoms with E-state index in [1.54, 1.807) is 0 Å². The summed E-state index contributed by atoms with van der Waals surface area (Å²) in [5.74, 6) is 1.20. The number of hydrogen-bond donors (Lipinski definition) is 0. The highest BCUT2D eigenvalue weighted by Gasteiger charge is 2.28. The second-order valence-corrected chi connectivity index (χ2v) is 8.16. The first kappa shape index (κ1) is 14.6. The fourth-order valence-electron chi connectivity index (χ4n) is 2.09. The lowest BCUT2D eigenvalue weighted by molar-refractivity contribution is -0.117. The predicted octanol–water partition coefficient (Wildman–Crippen LogP) is 3.44. The minimum absolute atomic E-state index is 0.202. The first-order valence-electron chi connectivity index (χ1n) is 6.32. The summed E-state index contributed by atoms with van der Waals surface area (Å²) in [5.41, 5.74) is 1.16. The van der Waals surface area contributed by atoms with Gasteiger partial charge in [0.05, 0.1) is 10.8 Å². The fourth-order valence-corrected chi connectivity index (χ4v) is 3.00. The normalized spacial score (nSPS) is 26.1. The van der Waals surface area contributed by atoms with Crippen LogP contribution in [0.3, 0.4) is 0 Å². The van der Waals surface area contributed by atoms with Crippen LogP contribution >= 0.6 is 0 Å². The van der Waals surface area contributed by atoms with E-state index in [9.17, 15) is 9.00 Å². The SMILES string of the molecule is C/C(=C\S(=O)C(C)(C)C)[C@@H](C)[C@H]1CCC(=O)C1. The van der Waals surface area contributed by atoms with E-state index in [0.29, 0.717) is 24.0 Å². The van der Waals surface area contributed by atoms with Crippen molar-refractivity contribution in [3.05, 3.63) is 11.0 Å². The number of hydrogen-bond acceptors (Lipinski definition) is 2. The molecule has 0 aliphatic heterocycles. The zero-order valence-corrected chi connectivity index (χ0v) is 12.4. The van der Waals surface area contributed by atoms with E-state index in [2.05, 4.69) is 6.92 Å². The van der Waals surface area contributed by atoms with Gasteiger partial charge in [-0.05, 0) is 46.0 Å². The summed E-state index contributed by atoms with van der Waals surface area (Å²) in [6.07, 6.45) is 2.42. The molecular weight excluding hydrogens is 232 g/mol. The highest BCUT2D eigenvalue weighted by atomic mass is 32.2. The molecule has 0 heterocycles. The molecule has 1 fully saturated rings. The van der Waals surface area contributed by atoms with Gasteiger partial charge in [-0.3, -0.25) is 9.00 Å². The molecule has 2 nitrogen and oxygen atoms in total. The van der Waals surface area contributed by atoms with Crippen LogP contribution in [0, 0.1) is 11.8 Å². The third kappa shape index (κ3) is 4.06. The van der Waals surface area contributed by atoms with Gasteiger partial charge in [0.1, 0.15) is 5.78 Å². The van der Waals surface area contributed by atoms with E-state index in [4.69, 9.17) is 0 Å². The maximum atomic E-state index is 12.0. The van der Waals surface area contributed by atoms with Crippen LogP contribution in [0.5, 0.6) is 0 Å². The van der Waals surface area contributed by atoms with Crippen molar-refractivity contribution in [1.29, 1.82) is 0 Å². The molecule has 0 saturated heterocycles. The number of ketones is 1. The second kappa shape index (κ2) is 5.47. The molecule has 0 N–H and O–H groups in total. The summed E-state index contributed by atoms with van der Waals surface area (Å²) in [7, 11) is -0.944. The topological polar surface area (TPSA) is 34.1 Å². The molecule has 3 atom stereocenters. The van der Waals surface area contributed by atoms with Crippen LogP contribution in [0.25, 0.3) is 0 Å². The van der Waals surface area contributed by atoms with Crippen molar-refractivity contribution in [2.45, 2.75) is 58.6 Å². The molecule has 1 saturated carbocycles. The van der Waals surface area contributed by atoms with Crippen LogP contribution in [0.2, 0.25) is 0 Å². The second-order valence-electron chi connectivity index (χ2n) is 6.10. The van der Waals surface area contributed by atoms with Gasteiger partial charge in [-0.15, -0.1) is 0 Å². The van der Waals surface area contributed by atoms with E-state index in [1.165, 1.54) is 0 Å². The summed E-state index contributed by atoms with van der Waals surface area (Å²) in [6.45, 7) is 10.1. The number of allylic oxidation sites excluding steroid dienone is 1. The largest absolute Gasteiger partial charge is 0.300 e. The Morgan fingerprint density at radius 3 is 2.47 bits per heavy atom. The maximum absolute atomic E-state index is 12.0. The van der Waals surface area contributed by atoms with Crippen molar-refractivity contribution in [3.63, 3.8) is 0 Å². The van der Waals surface area contributed by atoms with Gasteiger partial charge in [-0.1, -0.05) is 12.5 Å². The van der Waals surface area contributed by atoms with Crippen LogP contribution in [0.4, 0.5) is 0 Å². The smallest absolute Gasteiger partial charge is 0.133 e. The molecule has 0 aromatic heterocycles. The van der Waals surface area contributed by atoms with Crippen LogP contribution in [0.15, 0.2) is 11.0 Å². The minimum Gasteiger partial charge on any atom is -0.300 e. The lowest BCUT2D eigenvalue weighted by atomic mass is 9.88. The van der Waals surface area contributed by atoms with E-state index in [-0.39, 0.29) is 4.75 Å². The Kier molecular flexibility index (Phi) is 4.70. The molecule has 0 radical (unpaired) electrons. The van der Waals surface area contributed by atoms with Crippen molar-refractivity contribution < 1.29 is 9.00 Å². The molecule has 1 unspecified atom stereocenters. The molecule has 0 aromatic rings. The average molecular weight is 256 g/mol. The van der Waals surface area contributed by atoms with Gasteiger partial charge in [-0.25, -0.2) is 0 Å². The van der Waals surface area contributed by atoms with E-state index in [0.717, 1.165) is 18.4 Å².